The van der Waals surface area contributed by atoms with Gasteiger partial charge in [-0.3, -0.25) is 0 Å². The number of allylic oxidation sites excluding steroid dienone is 3. The Morgan fingerprint density at radius 1 is 1.35 bits per heavy atom. The third-order valence-corrected chi connectivity index (χ3v) is 4.73. The summed E-state index contributed by atoms with van der Waals surface area (Å²) < 4.78 is 10.8. The highest BCUT2D eigenvalue weighted by Gasteiger charge is 2.25. The fourth-order valence-corrected chi connectivity index (χ4v) is 2.98. The van der Waals surface area contributed by atoms with E-state index in [-0.39, 0.29) is 12.1 Å². The van der Waals surface area contributed by atoms with Crippen LogP contribution in [0.15, 0.2) is 35.4 Å². The molecule has 1 N–H and O–H groups in total. The second kappa shape index (κ2) is 9.06. The van der Waals surface area contributed by atoms with Crippen LogP contribution in [0.4, 0.5) is 0 Å². The lowest BCUT2D eigenvalue weighted by Gasteiger charge is -2.16. The van der Waals surface area contributed by atoms with E-state index in [1.54, 1.807) is 20.1 Å². The fourth-order valence-electron chi connectivity index (χ4n) is 2.87. The summed E-state index contributed by atoms with van der Waals surface area (Å²) in [6.45, 7) is 8.00. The van der Waals surface area contributed by atoms with E-state index < -0.39 is 0 Å². The zero-order valence-electron chi connectivity index (χ0n) is 16.0. The number of esters is 1. The SMILES string of the molecule is C/C=C(Cl)\C=C(\c1c(C(=O)OCC)[nH]c2ccc(CC)cc12)C(C)OC. The maximum absolute atomic E-state index is 12.6. The Kier molecular flexibility index (Phi) is 7.06. The van der Waals surface area contributed by atoms with Gasteiger partial charge in [0.25, 0.3) is 0 Å². The number of ether oxygens (including phenoxy) is 2. The van der Waals surface area contributed by atoms with E-state index in [4.69, 9.17) is 21.1 Å². The monoisotopic (exact) mass is 375 g/mol. The predicted molar refractivity (Wildman–Crippen MR) is 108 cm³/mol. The normalized spacial score (nSPS) is 13.9. The molecule has 5 heteroatoms. The summed E-state index contributed by atoms with van der Waals surface area (Å²) in [4.78, 5) is 15.8. The Bertz CT molecular complexity index is 848. The molecule has 1 aromatic heterocycles. The van der Waals surface area contributed by atoms with E-state index in [1.807, 2.05) is 26.0 Å². The molecule has 1 aromatic carbocycles. The molecule has 2 aromatic rings. The van der Waals surface area contributed by atoms with E-state index in [9.17, 15) is 4.79 Å². The summed E-state index contributed by atoms with van der Waals surface area (Å²) in [5, 5.41) is 1.54. The number of hydrogen-bond donors (Lipinski definition) is 1. The molecule has 0 radical (unpaired) electrons. The van der Waals surface area contributed by atoms with Gasteiger partial charge in [-0.1, -0.05) is 30.7 Å². The van der Waals surface area contributed by atoms with Crippen LogP contribution in [0, 0.1) is 0 Å². The van der Waals surface area contributed by atoms with Crippen LogP contribution in [0.25, 0.3) is 16.5 Å². The molecule has 0 aliphatic heterocycles. The lowest BCUT2D eigenvalue weighted by molar-refractivity contribution is 0.0520. The van der Waals surface area contributed by atoms with Gasteiger partial charge in [0.1, 0.15) is 5.69 Å². The smallest absolute Gasteiger partial charge is 0.355 e. The summed E-state index contributed by atoms with van der Waals surface area (Å²) in [6, 6.07) is 6.15. The van der Waals surface area contributed by atoms with E-state index in [0.29, 0.717) is 17.3 Å². The summed E-state index contributed by atoms with van der Waals surface area (Å²) in [5.74, 6) is -0.387. The summed E-state index contributed by atoms with van der Waals surface area (Å²) in [5.41, 5.74) is 4.10. The van der Waals surface area contributed by atoms with E-state index in [0.717, 1.165) is 28.5 Å². The highest BCUT2D eigenvalue weighted by Crippen LogP contribution is 2.34. The van der Waals surface area contributed by atoms with Gasteiger partial charge in [0.05, 0.1) is 12.7 Å². The molecule has 140 valence electrons. The van der Waals surface area contributed by atoms with Gasteiger partial charge in [-0.15, -0.1) is 0 Å². The predicted octanol–water partition coefficient (Wildman–Crippen LogP) is 5.47. The third kappa shape index (κ3) is 4.19. The van der Waals surface area contributed by atoms with E-state index >= 15 is 0 Å². The maximum Gasteiger partial charge on any atom is 0.355 e. The van der Waals surface area contributed by atoms with Crippen LogP contribution >= 0.6 is 11.6 Å². The quantitative estimate of drug-likeness (QED) is 0.515. The van der Waals surface area contributed by atoms with Gasteiger partial charge in [-0.05, 0) is 56.5 Å². The van der Waals surface area contributed by atoms with Crippen LogP contribution in [0.1, 0.15) is 49.3 Å². The highest BCUT2D eigenvalue weighted by atomic mass is 35.5. The molecule has 0 aliphatic rings. The largest absolute Gasteiger partial charge is 0.461 e. The molecular weight excluding hydrogens is 350 g/mol. The molecule has 1 unspecified atom stereocenters. The van der Waals surface area contributed by atoms with Crippen molar-refractivity contribution in [3.05, 3.63) is 52.2 Å². The molecule has 1 atom stereocenters. The lowest BCUT2D eigenvalue weighted by atomic mass is 9.96. The Labute approximate surface area is 159 Å². The first-order chi connectivity index (χ1) is 12.5. The van der Waals surface area contributed by atoms with Crippen molar-refractivity contribution in [2.24, 2.45) is 0 Å². The number of fused-ring (bicyclic) bond motifs is 1. The molecule has 0 amide bonds. The third-order valence-electron chi connectivity index (χ3n) is 4.40. The number of aryl methyl sites for hydroxylation is 1. The number of aromatic nitrogens is 1. The average molecular weight is 376 g/mol. The zero-order chi connectivity index (χ0) is 19.3. The first kappa shape index (κ1) is 20.3. The molecule has 0 spiro atoms. The van der Waals surface area contributed by atoms with Crippen LogP contribution in [-0.4, -0.2) is 30.8 Å². The second-order valence-electron chi connectivity index (χ2n) is 5.98. The minimum atomic E-state index is -0.387. The van der Waals surface area contributed by atoms with Crippen LogP contribution in [0.5, 0.6) is 0 Å². The second-order valence-corrected chi connectivity index (χ2v) is 6.42. The molecule has 26 heavy (non-hydrogen) atoms. The van der Waals surface area contributed by atoms with Gasteiger partial charge in [0, 0.05) is 28.6 Å². The molecule has 0 fully saturated rings. The lowest BCUT2D eigenvalue weighted by Crippen LogP contribution is -2.13. The van der Waals surface area contributed by atoms with Crippen molar-refractivity contribution in [3.8, 4) is 0 Å². The topological polar surface area (TPSA) is 51.3 Å². The fraction of sp³-hybridized carbons (Fsp3) is 0.381. The minimum absolute atomic E-state index is 0.249. The Morgan fingerprint density at radius 3 is 2.65 bits per heavy atom. The van der Waals surface area contributed by atoms with Gasteiger partial charge >= 0.3 is 5.97 Å². The highest BCUT2D eigenvalue weighted by molar-refractivity contribution is 6.31. The Hall–Kier alpha value is -2.04. The summed E-state index contributed by atoms with van der Waals surface area (Å²) in [7, 11) is 1.64. The van der Waals surface area contributed by atoms with Crippen molar-refractivity contribution >= 4 is 34.0 Å². The van der Waals surface area contributed by atoms with Gasteiger partial charge in [0.2, 0.25) is 0 Å². The Morgan fingerprint density at radius 2 is 2.08 bits per heavy atom. The van der Waals surface area contributed by atoms with Crippen LogP contribution in [0.2, 0.25) is 0 Å². The first-order valence-electron chi connectivity index (χ1n) is 8.85. The molecule has 0 bridgehead atoms. The zero-order valence-corrected chi connectivity index (χ0v) is 16.7. The molecule has 2 rings (SSSR count). The number of rotatable bonds is 7. The van der Waals surface area contributed by atoms with Crippen molar-refractivity contribution in [2.45, 2.75) is 40.2 Å². The number of halogens is 1. The summed E-state index contributed by atoms with van der Waals surface area (Å²) in [6.07, 6.45) is 4.31. The van der Waals surface area contributed by atoms with Crippen molar-refractivity contribution < 1.29 is 14.3 Å². The molecule has 1 heterocycles. The van der Waals surface area contributed by atoms with Crippen molar-refractivity contribution in [1.29, 1.82) is 0 Å². The number of carbonyl (C=O) groups is 1. The molecule has 0 saturated heterocycles. The molecule has 0 saturated carbocycles. The van der Waals surface area contributed by atoms with Gasteiger partial charge in [0.15, 0.2) is 0 Å². The number of benzene rings is 1. The number of carbonyl (C=O) groups excluding carboxylic acids is 1. The van der Waals surface area contributed by atoms with Gasteiger partial charge < -0.3 is 14.5 Å². The number of nitrogens with one attached hydrogen (secondary N) is 1. The summed E-state index contributed by atoms with van der Waals surface area (Å²) >= 11 is 6.28. The van der Waals surface area contributed by atoms with Crippen LogP contribution in [0.3, 0.4) is 0 Å². The number of methoxy groups -OCH3 is 1. The molecule has 0 aliphatic carbocycles. The number of hydrogen-bond acceptors (Lipinski definition) is 3. The molecular formula is C21H26ClNO3. The van der Waals surface area contributed by atoms with Crippen molar-refractivity contribution in [2.75, 3.05) is 13.7 Å². The maximum atomic E-state index is 12.6. The number of H-pyrrole nitrogens is 1. The van der Waals surface area contributed by atoms with Gasteiger partial charge in [-0.2, -0.15) is 0 Å². The van der Waals surface area contributed by atoms with Gasteiger partial charge in [-0.25, -0.2) is 4.79 Å². The average Bonchev–Trinajstić information content (AvgIpc) is 3.03. The van der Waals surface area contributed by atoms with Crippen LogP contribution < -0.4 is 0 Å². The standard InChI is InChI=1S/C21H26ClNO3/c1-6-14-9-10-18-17(11-14)19(20(23-18)21(24)26-8-3)16(13(4)25-5)12-15(22)7-2/h7,9-13,23H,6,8H2,1-5H3/b15-7+,16-12+. The van der Waals surface area contributed by atoms with E-state index in [1.165, 1.54) is 5.56 Å². The van der Waals surface area contributed by atoms with E-state index in [2.05, 4.69) is 24.0 Å². The Balaban J connectivity index is 2.83. The van der Waals surface area contributed by atoms with Crippen LogP contribution in [-0.2, 0) is 15.9 Å². The van der Waals surface area contributed by atoms with Crippen molar-refractivity contribution in [1.82, 2.24) is 4.98 Å². The first-order valence-corrected chi connectivity index (χ1v) is 9.22. The number of aromatic amines is 1. The minimum Gasteiger partial charge on any atom is -0.461 e. The molecule has 4 nitrogen and oxygen atoms in total. The van der Waals surface area contributed by atoms with Crippen molar-refractivity contribution in [3.63, 3.8) is 0 Å².